The molecular weight excluding hydrogens is 274 g/mol. The third-order valence-corrected chi connectivity index (χ3v) is 5.19. The monoisotopic (exact) mass is 289 g/mol. The zero-order valence-electron chi connectivity index (χ0n) is 12.0. The van der Waals surface area contributed by atoms with Crippen LogP contribution in [0.25, 0.3) is 5.53 Å². The van der Waals surface area contributed by atoms with Gasteiger partial charge in [-0.2, -0.15) is 4.79 Å². The molecule has 3 atom stereocenters. The maximum Gasteiger partial charge on any atom is 0.339 e. The van der Waals surface area contributed by atoms with Crippen molar-refractivity contribution in [3.63, 3.8) is 0 Å². The van der Waals surface area contributed by atoms with Crippen LogP contribution in [0.15, 0.2) is 54.7 Å². The van der Waals surface area contributed by atoms with E-state index in [4.69, 9.17) is 0 Å². The fourth-order valence-corrected chi connectivity index (χ4v) is 4.42. The lowest BCUT2D eigenvalue weighted by Gasteiger charge is -2.32. The standard InChI is InChI=1S/C18H15N3O/c19-21-16-13-9-10-14(17(16)22)18(13,12-6-2-1-3-7-12)15-8-4-5-11-20-15/h1-8,11,13-14H,9-10H2/t13-,14+,18+/m0/s1. The molecule has 4 heteroatoms. The number of carbonyl (C=O) groups excluding carboxylic acids is 1. The summed E-state index contributed by atoms with van der Waals surface area (Å²) in [6.45, 7) is 0. The van der Waals surface area contributed by atoms with Crippen LogP contribution in [0.5, 0.6) is 0 Å². The predicted molar refractivity (Wildman–Crippen MR) is 81.3 cm³/mol. The van der Waals surface area contributed by atoms with E-state index in [1.54, 1.807) is 6.20 Å². The Kier molecular flexibility index (Phi) is 2.81. The topological polar surface area (TPSA) is 66.4 Å². The molecular formula is C18H15N3O. The van der Waals surface area contributed by atoms with Gasteiger partial charge >= 0.3 is 5.71 Å². The van der Waals surface area contributed by atoms with E-state index in [-0.39, 0.29) is 17.6 Å². The molecule has 2 fully saturated rings. The van der Waals surface area contributed by atoms with E-state index in [9.17, 15) is 10.3 Å². The molecule has 0 saturated heterocycles. The summed E-state index contributed by atoms with van der Waals surface area (Å²) in [7, 11) is 0. The number of ketones is 1. The van der Waals surface area contributed by atoms with Crippen molar-refractivity contribution in [3.05, 3.63) is 71.5 Å². The van der Waals surface area contributed by atoms with Gasteiger partial charge in [0, 0.05) is 12.1 Å². The van der Waals surface area contributed by atoms with E-state index >= 15 is 0 Å². The highest BCUT2D eigenvalue weighted by Gasteiger charge is 2.68. The maximum atomic E-state index is 12.6. The molecule has 1 aromatic heterocycles. The zero-order chi connectivity index (χ0) is 15.2. The Labute approximate surface area is 128 Å². The molecule has 0 amide bonds. The van der Waals surface area contributed by atoms with Crippen molar-refractivity contribution in [2.45, 2.75) is 18.3 Å². The second-order valence-electron chi connectivity index (χ2n) is 5.98. The molecule has 2 aromatic rings. The largest absolute Gasteiger partial charge is 0.361 e. The minimum Gasteiger partial charge on any atom is -0.361 e. The molecule has 4 nitrogen and oxygen atoms in total. The fraction of sp³-hybridized carbons (Fsp3) is 0.278. The highest BCUT2D eigenvalue weighted by atomic mass is 16.1. The highest BCUT2D eigenvalue weighted by Crippen LogP contribution is 2.58. The van der Waals surface area contributed by atoms with E-state index in [0.29, 0.717) is 5.71 Å². The Morgan fingerprint density at radius 2 is 1.77 bits per heavy atom. The van der Waals surface area contributed by atoms with Gasteiger partial charge in [-0.15, -0.1) is 0 Å². The van der Waals surface area contributed by atoms with E-state index < -0.39 is 5.41 Å². The third-order valence-electron chi connectivity index (χ3n) is 5.19. The molecule has 2 aliphatic carbocycles. The number of nitrogens with zero attached hydrogens (tertiary/aromatic N) is 3. The van der Waals surface area contributed by atoms with Crippen molar-refractivity contribution < 1.29 is 9.58 Å². The first-order valence-electron chi connectivity index (χ1n) is 7.53. The van der Waals surface area contributed by atoms with Gasteiger partial charge in [-0.05, 0) is 30.5 Å². The van der Waals surface area contributed by atoms with Gasteiger partial charge in [0.15, 0.2) is 0 Å². The third kappa shape index (κ3) is 1.48. The number of hydrogen-bond acceptors (Lipinski definition) is 2. The molecule has 0 unspecified atom stereocenters. The summed E-state index contributed by atoms with van der Waals surface area (Å²) >= 11 is 0. The second kappa shape index (κ2) is 4.72. The lowest BCUT2D eigenvalue weighted by molar-refractivity contribution is -0.120. The zero-order valence-corrected chi connectivity index (χ0v) is 12.0. The summed E-state index contributed by atoms with van der Waals surface area (Å²) in [5.74, 6) is -0.332. The second-order valence-corrected chi connectivity index (χ2v) is 5.98. The van der Waals surface area contributed by atoms with E-state index in [1.807, 2.05) is 48.5 Å². The van der Waals surface area contributed by atoms with Crippen molar-refractivity contribution in [2.24, 2.45) is 11.8 Å². The van der Waals surface area contributed by atoms with Crippen molar-refractivity contribution in [1.82, 2.24) is 4.98 Å². The number of fused-ring (bicyclic) bond motifs is 2. The van der Waals surface area contributed by atoms with Crippen LogP contribution < -0.4 is 0 Å². The quantitative estimate of drug-likeness (QED) is 0.630. The van der Waals surface area contributed by atoms with Crippen LogP contribution in [0.1, 0.15) is 24.1 Å². The summed E-state index contributed by atoms with van der Waals surface area (Å²) in [5, 5.41) is 0. The number of carbonyl (C=O) groups is 1. The first-order valence-corrected chi connectivity index (χ1v) is 7.53. The van der Waals surface area contributed by atoms with Gasteiger partial charge in [0.1, 0.15) is 0 Å². The number of hydrogen-bond donors (Lipinski definition) is 0. The highest BCUT2D eigenvalue weighted by molar-refractivity contribution is 6.43. The number of aromatic nitrogens is 1. The van der Waals surface area contributed by atoms with Crippen LogP contribution in [0.4, 0.5) is 0 Å². The van der Waals surface area contributed by atoms with Crippen molar-refractivity contribution in [3.8, 4) is 0 Å². The number of pyridine rings is 1. The van der Waals surface area contributed by atoms with Crippen LogP contribution >= 0.6 is 0 Å². The van der Waals surface area contributed by atoms with Gasteiger partial charge in [-0.25, -0.2) is 0 Å². The molecule has 4 rings (SSSR count). The maximum absolute atomic E-state index is 12.6. The normalized spacial score (nSPS) is 29.6. The number of rotatable bonds is 2. The van der Waals surface area contributed by atoms with Gasteiger partial charge in [0.05, 0.1) is 17.0 Å². The number of benzene rings is 1. The van der Waals surface area contributed by atoms with Crippen LogP contribution in [0, 0.1) is 11.8 Å². The van der Waals surface area contributed by atoms with Crippen molar-refractivity contribution >= 4 is 11.5 Å². The molecule has 2 bridgehead atoms. The first kappa shape index (κ1) is 13.1. The Morgan fingerprint density at radius 1 is 1.05 bits per heavy atom. The number of Topliss-reactive ketones (excluding diaryl/α,β-unsaturated/α-hetero) is 1. The van der Waals surface area contributed by atoms with Gasteiger partial charge in [0.2, 0.25) is 5.78 Å². The van der Waals surface area contributed by atoms with Gasteiger partial charge < -0.3 is 5.53 Å². The van der Waals surface area contributed by atoms with Crippen molar-refractivity contribution in [1.29, 1.82) is 0 Å². The van der Waals surface area contributed by atoms with E-state index in [1.165, 1.54) is 0 Å². The molecule has 0 spiro atoms. The summed E-state index contributed by atoms with van der Waals surface area (Å²) < 4.78 is 0. The summed E-state index contributed by atoms with van der Waals surface area (Å²) in [5.41, 5.74) is 11.1. The molecule has 2 aliphatic rings. The van der Waals surface area contributed by atoms with E-state index in [2.05, 4.69) is 9.77 Å². The van der Waals surface area contributed by atoms with Crippen LogP contribution in [-0.4, -0.2) is 21.3 Å². The fourth-order valence-electron chi connectivity index (χ4n) is 4.42. The molecule has 2 saturated carbocycles. The van der Waals surface area contributed by atoms with Gasteiger partial charge in [0.25, 0.3) is 0 Å². The van der Waals surface area contributed by atoms with Crippen LogP contribution in [0.3, 0.4) is 0 Å². The smallest absolute Gasteiger partial charge is 0.339 e. The summed E-state index contributed by atoms with van der Waals surface area (Å²) in [6.07, 6.45) is 3.42. The minimum atomic E-state index is -0.499. The van der Waals surface area contributed by atoms with Gasteiger partial charge in [-0.1, -0.05) is 36.4 Å². The Hall–Kier alpha value is -2.58. The summed E-state index contributed by atoms with van der Waals surface area (Å²) in [4.78, 5) is 20.5. The van der Waals surface area contributed by atoms with Crippen molar-refractivity contribution in [2.75, 3.05) is 0 Å². The SMILES string of the molecule is [N-]=[N+]=C1C(=O)[C@H]2CC[C@@H]1[C@@]2(c1ccccc1)c1ccccn1. The molecule has 0 radical (unpaired) electrons. The molecule has 1 aromatic carbocycles. The summed E-state index contributed by atoms with van der Waals surface area (Å²) in [6, 6.07) is 15.8. The first-order chi connectivity index (χ1) is 10.8. The average molecular weight is 289 g/mol. The predicted octanol–water partition coefficient (Wildman–Crippen LogP) is 2.65. The Balaban J connectivity index is 2.04. The van der Waals surface area contributed by atoms with Crippen LogP contribution in [0.2, 0.25) is 0 Å². The molecule has 0 aliphatic heterocycles. The molecule has 22 heavy (non-hydrogen) atoms. The average Bonchev–Trinajstić information content (AvgIpc) is 3.08. The lowest BCUT2D eigenvalue weighted by Crippen LogP contribution is -2.35. The Morgan fingerprint density at radius 3 is 2.41 bits per heavy atom. The minimum absolute atomic E-state index is 0.0340. The van der Waals surface area contributed by atoms with Gasteiger partial charge in [-0.3, -0.25) is 9.78 Å². The molecule has 108 valence electrons. The molecule has 0 N–H and O–H groups in total. The van der Waals surface area contributed by atoms with E-state index in [0.717, 1.165) is 24.1 Å². The lowest BCUT2D eigenvalue weighted by atomic mass is 9.69. The molecule has 1 heterocycles. The van der Waals surface area contributed by atoms with Crippen LogP contribution in [-0.2, 0) is 10.2 Å². The Bertz CT molecular complexity index is 739.